The first kappa shape index (κ1) is 20.7. The molecular formula is C32H28N2. The molecule has 0 unspecified atom stereocenters. The molecule has 0 aliphatic rings. The summed E-state index contributed by atoms with van der Waals surface area (Å²) in [5.74, 6) is 0. The van der Waals surface area contributed by atoms with Gasteiger partial charge in [-0.1, -0.05) is 66.2 Å². The van der Waals surface area contributed by atoms with Gasteiger partial charge in [0.1, 0.15) is 5.65 Å². The Hall–Kier alpha value is -3.91. The second-order valence-electron chi connectivity index (χ2n) is 9.62. The first-order chi connectivity index (χ1) is 16.4. The normalized spacial score (nSPS) is 11.7. The van der Waals surface area contributed by atoms with E-state index < -0.39 is 0 Å². The quantitative estimate of drug-likeness (QED) is 0.247. The van der Waals surface area contributed by atoms with Crippen molar-refractivity contribution in [2.75, 3.05) is 0 Å². The molecule has 4 aromatic carbocycles. The average molecular weight is 441 g/mol. The van der Waals surface area contributed by atoms with Gasteiger partial charge < -0.3 is 0 Å². The van der Waals surface area contributed by atoms with Crippen LogP contribution in [0.15, 0.2) is 79.0 Å². The van der Waals surface area contributed by atoms with Crippen molar-refractivity contribution in [1.82, 2.24) is 9.38 Å². The van der Waals surface area contributed by atoms with Gasteiger partial charge in [0.15, 0.2) is 0 Å². The van der Waals surface area contributed by atoms with Gasteiger partial charge in [0, 0.05) is 21.7 Å². The van der Waals surface area contributed by atoms with E-state index in [1.54, 1.807) is 0 Å². The fourth-order valence-corrected chi connectivity index (χ4v) is 5.62. The van der Waals surface area contributed by atoms with E-state index in [0.29, 0.717) is 0 Å². The molecule has 0 saturated carbocycles. The molecule has 2 heterocycles. The monoisotopic (exact) mass is 440 g/mol. The third-order valence-electron chi connectivity index (χ3n) is 7.21. The molecule has 0 saturated heterocycles. The van der Waals surface area contributed by atoms with Crippen LogP contribution >= 0.6 is 0 Å². The number of benzene rings is 4. The predicted molar refractivity (Wildman–Crippen MR) is 145 cm³/mol. The lowest BCUT2D eigenvalue weighted by Gasteiger charge is -2.17. The molecule has 6 aromatic rings. The van der Waals surface area contributed by atoms with Crippen molar-refractivity contribution < 1.29 is 0 Å². The molecule has 0 aliphatic carbocycles. The van der Waals surface area contributed by atoms with Crippen molar-refractivity contribution in [3.8, 4) is 22.4 Å². The largest absolute Gasteiger partial charge is 0.292 e. The Bertz CT molecular complexity index is 1710. The Labute approximate surface area is 200 Å². The molecule has 0 spiro atoms. The van der Waals surface area contributed by atoms with E-state index in [9.17, 15) is 0 Å². The van der Waals surface area contributed by atoms with Crippen molar-refractivity contribution in [2.45, 2.75) is 34.6 Å². The van der Waals surface area contributed by atoms with Gasteiger partial charge in [0.25, 0.3) is 0 Å². The summed E-state index contributed by atoms with van der Waals surface area (Å²) in [7, 11) is 0. The Morgan fingerprint density at radius 2 is 1.35 bits per heavy atom. The first-order valence-electron chi connectivity index (χ1n) is 11.9. The minimum atomic E-state index is 1.01. The van der Waals surface area contributed by atoms with E-state index in [4.69, 9.17) is 4.98 Å². The van der Waals surface area contributed by atoms with Crippen molar-refractivity contribution >= 4 is 27.3 Å². The standard InChI is InChI=1S/C32H28N2/c1-19-14-22(4)30(23(5)15-19)29-18-33-32-26-13-9-12-25(24-10-7-6-8-11-24)31(26)27-16-20(2)21(3)17-28(27)34(29)32/h6-18H,1-5H3. The fourth-order valence-electron chi connectivity index (χ4n) is 5.62. The highest BCUT2D eigenvalue weighted by Gasteiger charge is 2.19. The summed E-state index contributed by atoms with van der Waals surface area (Å²) in [6.07, 6.45) is 2.06. The van der Waals surface area contributed by atoms with Crippen molar-refractivity contribution in [3.63, 3.8) is 0 Å². The Balaban J connectivity index is 1.84. The molecule has 34 heavy (non-hydrogen) atoms. The molecule has 0 N–H and O–H groups in total. The molecule has 166 valence electrons. The van der Waals surface area contributed by atoms with Gasteiger partial charge in [-0.15, -0.1) is 0 Å². The number of hydrogen-bond donors (Lipinski definition) is 0. The van der Waals surface area contributed by atoms with E-state index in [0.717, 1.165) is 11.3 Å². The summed E-state index contributed by atoms with van der Waals surface area (Å²) < 4.78 is 2.38. The molecular weight excluding hydrogens is 412 g/mol. The molecule has 2 nitrogen and oxygen atoms in total. The topological polar surface area (TPSA) is 17.3 Å². The third-order valence-corrected chi connectivity index (χ3v) is 7.21. The molecule has 0 aliphatic heterocycles. The molecule has 2 aromatic heterocycles. The van der Waals surface area contributed by atoms with Gasteiger partial charge >= 0.3 is 0 Å². The number of imidazole rings is 1. The van der Waals surface area contributed by atoms with Crippen LogP contribution in [0.1, 0.15) is 27.8 Å². The number of fused-ring (bicyclic) bond motifs is 6. The summed E-state index contributed by atoms with van der Waals surface area (Å²) in [5.41, 5.74) is 13.6. The van der Waals surface area contributed by atoms with Gasteiger partial charge in [0.05, 0.1) is 17.4 Å². The Kier molecular flexibility index (Phi) is 4.60. The maximum absolute atomic E-state index is 5.03. The summed E-state index contributed by atoms with van der Waals surface area (Å²) in [6.45, 7) is 11.0. The highest BCUT2D eigenvalue weighted by molar-refractivity contribution is 6.18. The minimum absolute atomic E-state index is 1.01. The molecule has 0 radical (unpaired) electrons. The van der Waals surface area contributed by atoms with Crippen LogP contribution in [0, 0.1) is 34.6 Å². The predicted octanol–water partition coefficient (Wildman–Crippen LogP) is 8.52. The van der Waals surface area contributed by atoms with Gasteiger partial charge in [-0.05, 0) is 80.1 Å². The van der Waals surface area contributed by atoms with Crippen molar-refractivity contribution in [2.24, 2.45) is 0 Å². The van der Waals surface area contributed by atoms with Gasteiger partial charge in [-0.3, -0.25) is 4.40 Å². The molecule has 6 rings (SSSR count). The average Bonchev–Trinajstić information content (AvgIpc) is 3.25. The molecule has 0 amide bonds. The maximum atomic E-state index is 5.03. The number of hydrogen-bond acceptors (Lipinski definition) is 1. The first-order valence-corrected chi connectivity index (χ1v) is 11.9. The van der Waals surface area contributed by atoms with Gasteiger partial charge in [0.2, 0.25) is 0 Å². The zero-order valence-corrected chi connectivity index (χ0v) is 20.4. The highest BCUT2D eigenvalue weighted by Crippen LogP contribution is 2.40. The summed E-state index contributed by atoms with van der Waals surface area (Å²) >= 11 is 0. The lowest BCUT2D eigenvalue weighted by atomic mass is 9.93. The second kappa shape index (κ2) is 7.56. The van der Waals surface area contributed by atoms with Gasteiger partial charge in [-0.25, -0.2) is 4.98 Å². The van der Waals surface area contributed by atoms with Crippen LogP contribution in [0.25, 0.3) is 49.7 Å². The van der Waals surface area contributed by atoms with Crippen LogP contribution in [-0.2, 0) is 0 Å². The van der Waals surface area contributed by atoms with Crippen LogP contribution in [0.5, 0.6) is 0 Å². The number of pyridine rings is 1. The smallest absolute Gasteiger partial charge is 0.145 e. The molecule has 0 bridgehead atoms. The SMILES string of the molecule is Cc1cc(C)c(-c2cnc3c4cccc(-c5ccccc5)c4c4cc(C)c(C)cc4n23)c(C)c1. The number of aryl methyl sites for hydroxylation is 5. The van der Waals surface area contributed by atoms with Gasteiger partial charge in [-0.2, -0.15) is 0 Å². The summed E-state index contributed by atoms with van der Waals surface area (Å²) in [5, 5.41) is 3.73. The van der Waals surface area contributed by atoms with Crippen LogP contribution in [0.3, 0.4) is 0 Å². The van der Waals surface area contributed by atoms with Crippen molar-refractivity contribution in [1.29, 1.82) is 0 Å². The number of aromatic nitrogens is 2. The highest BCUT2D eigenvalue weighted by atomic mass is 15.0. The lowest BCUT2D eigenvalue weighted by Crippen LogP contribution is -1.99. The minimum Gasteiger partial charge on any atom is -0.292 e. The Morgan fingerprint density at radius 1 is 0.647 bits per heavy atom. The zero-order chi connectivity index (χ0) is 23.6. The van der Waals surface area contributed by atoms with E-state index >= 15 is 0 Å². The third kappa shape index (κ3) is 2.99. The lowest BCUT2D eigenvalue weighted by molar-refractivity contribution is 1.23. The maximum Gasteiger partial charge on any atom is 0.145 e. The Morgan fingerprint density at radius 3 is 2.09 bits per heavy atom. The van der Waals surface area contributed by atoms with E-state index in [1.807, 2.05) is 0 Å². The fraction of sp³-hybridized carbons (Fsp3) is 0.156. The van der Waals surface area contributed by atoms with Crippen LogP contribution in [-0.4, -0.2) is 9.38 Å². The molecule has 2 heteroatoms. The number of rotatable bonds is 2. The summed E-state index contributed by atoms with van der Waals surface area (Å²) in [6, 6.07) is 26.5. The number of nitrogens with zero attached hydrogens (tertiary/aromatic N) is 2. The van der Waals surface area contributed by atoms with Crippen molar-refractivity contribution in [3.05, 3.63) is 107 Å². The summed E-state index contributed by atoms with van der Waals surface area (Å²) in [4.78, 5) is 5.03. The molecule has 0 fully saturated rings. The van der Waals surface area contributed by atoms with Crippen LogP contribution in [0.4, 0.5) is 0 Å². The van der Waals surface area contributed by atoms with E-state index in [1.165, 1.54) is 66.2 Å². The van der Waals surface area contributed by atoms with Crippen LogP contribution in [0.2, 0.25) is 0 Å². The van der Waals surface area contributed by atoms with E-state index in [-0.39, 0.29) is 0 Å². The zero-order valence-electron chi connectivity index (χ0n) is 20.4. The molecule has 0 atom stereocenters. The van der Waals surface area contributed by atoms with Crippen LogP contribution < -0.4 is 0 Å². The second-order valence-corrected chi connectivity index (χ2v) is 9.62. The van der Waals surface area contributed by atoms with E-state index in [2.05, 4.69) is 118 Å².